The molecule has 0 rings (SSSR count). The lowest BCUT2D eigenvalue weighted by atomic mass is 9.73. The molecule has 0 aromatic heterocycles. The summed E-state index contributed by atoms with van der Waals surface area (Å²) >= 11 is 1.67. The quantitative estimate of drug-likeness (QED) is 0.0604. The second-order valence-electron chi connectivity index (χ2n) is 16.9. The van der Waals surface area contributed by atoms with Crippen LogP contribution >= 0.6 is 11.8 Å². The number of carbonyl (C=O) groups is 2. The second-order valence-corrected chi connectivity index (χ2v) is 18.2. The van der Waals surface area contributed by atoms with Gasteiger partial charge in [-0.25, -0.2) is 0 Å². The Labute approximate surface area is 336 Å². The van der Waals surface area contributed by atoms with Crippen LogP contribution in [0.15, 0.2) is 0 Å². The zero-order valence-electron chi connectivity index (χ0n) is 36.2. The number of hydrogen-bond donors (Lipinski definition) is 2. The average molecular weight is 767 g/mol. The van der Waals surface area contributed by atoms with E-state index in [0.717, 1.165) is 57.8 Å². The maximum absolute atomic E-state index is 13.4. The van der Waals surface area contributed by atoms with E-state index in [2.05, 4.69) is 20.8 Å². The maximum atomic E-state index is 13.4. The summed E-state index contributed by atoms with van der Waals surface area (Å²) in [6.07, 6.45) is 49.0. The highest BCUT2D eigenvalue weighted by molar-refractivity contribution is 8.00. The van der Waals surface area contributed by atoms with Crippen molar-refractivity contribution in [2.45, 2.75) is 283 Å². The molecule has 0 heterocycles. The first-order valence-corrected chi connectivity index (χ1v) is 25.1. The molecule has 0 aromatic rings. The van der Waals surface area contributed by atoms with Crippen LogP contribution < -0.4 is 0 Å². The summed E-state index contributed by atoms with van der Waals surface area (Å²) in [6, 6.07) is 0. The number of unbranched alkanes of at least 4 members (excludes halogenated alkanes) is 33. The van der Waals surface area contributed by atoms with Crippen molar-refractivity contribution in [1.29, 1.82) is 0 Å². The van der Waals surface area contributed by atoms with Gasteiger partial charge in [0.1, 0.15) is 0 Å². The minimum absolute atomic E-state index is 0.00306. The zero-order chi connectivity index (χ0) is 38.9. The summed E-state index contributed by atoms with van der Waals surface area (Å²) in [5.74, 6) is -0.873. The van der Waals surface area contributed by atoms with E-state index in [1.165, 1.54) is 193 Å². The van der Waals surface area contributed by atoms with Gasteiger partial charge in [0.05, 0.1) is 11.8 Å². The highest BCUT2D eigenvalue weighted by Gasteiger charge is 2.44. The van der Waals surface area contributed by atoms with Crippen LogP contribution in [-0.2, 0) is 9.59 Å². The Balaban J connectivity index is 4.99. The fourth-order valence-electron chi connectivity index (χ4n) is 8.34. The Hall–Kier alpha value is -0.710. The lowest BCUT2D eigenvalue weighted by molar-refractivity contribution is -0.150. The van der Waals surface area contributed by atoms with E-state index in [4.69, 9.17) is 0 Å². The second kappa shape index (κ2) is 40.9. The molecule has 0 fully saturated rings. The van der Waals surface area contributed by atoms with Gasteiger partial charge in [0, 0.05) is 11.0 Å². The molecule has 0 radical (unpaired) electrons. The monoisotopic (exact) mass is 767 g/mol. The third-order valence-electron chi connectivity index (χ3n) is 11.9. The van der Waals surface area contributed by atoms with Crippen LogP contribution in [0.4, 0.5) is 0 Å². The third-order valence-corrected chi connectivity index (χ3v) is 13.5. The van der Waals surface area contributed by atoms with Gasteiger partial charge in [-0.15, -0.1) is 0 Å². The van der Waals surface area contributed by atoms with E-state index in [0.29, 0.717) is 5.75 Å². The normalized spacial score (nSPS) is 13.3. The van der Waals surface area contributed by atoms with Crippen molar-refractivity contribution in [3.63, 3.8) is 0 Å². The molecular formula is C48H94O4S. The molecule has 4 nitrogen and oxygen atoms in total. The number of carboxylic acids is 2. The molecule has 0 saturated heterocycles. The van der Waals surface area contributed by atoms with Crippen molar-refractivity contribution in [3.8, 4) is 0 Å². The molecule has 0 aliphatic heterocycles. The lowest BCUT2D eigenvalue weighted by Gasteiger charge is -2.38. The first-order valence-electron chi connectivity index (χ1n) is 24.0. The molecule has 0 bridgehead atoms. The van der Waals surface area contributed by atoms with Crippen molar-refractivity contribution >= 4 is 23.7 Å². The Bertz CT molecular complexity index is 773. The van der Waals surface area contributed by atoms with E-state index in [1.807, 2.05) is 0 Å². The first-order chi connectivity index (χ1) is 25.9. The lowest BCUT2D eigenvalue weighted by Crippen LogP contribution is -2.41. The standard InChI is InChI=1S/C48H94O4S/c1-4-7-10-13-16-19-22-23-24-25-26-27-30-33-36-39-43-48(47(51)52,42-38-35-32-29-21-18-15-12-9-6-3)45(53-44-41-46(49)50)40-37-34-31-28-20-17-14-11-8-5-2/h45H,4-44H2,1-3H3,(H,49,50)(H,51,52). The number of rotatable bonds is 45. The molecule has 316 valence electrons. The molecule has 0 aliphatic carbocycles. The van der Waals surface area contributed by atoms with Crippen molar-refractivity contribution in [2.24, 2.45) is 5.41 Å². The highest BCUT2D eigenvalue weighted by atomic mass is 32.2. The van der Waals surface area contributed by atoms with Gasteiger partial charge in [-0.2, -0.15) is 11.8 Å². The van der Waals surface area contributed by atoms with Crippen LogP contribution in [0.25, 0.3) is 0 Å². The molecule has 0 aromatic carbocycles. The maximum Gasteiger partial charge on any atom is 0.310 e. The Morgan fingerprint density at radius 1 is 0.415 bits per heavy atom. The van der Waals surface area contributed by atoms with Gasteiger partial charge in [0.2, 0.25) is 0 Å². The van der Waals surface area contributed by atoms with Gasteiger partial charge < -0.3 is 10.2 Å². The summed E-state index contributed by atoms with van der Waals surface area (Å²) in [5.41, 5.74) is -0.737. The molecule has 2 N–H and O–H groups in total. The van der Waals surface area contributed by atoms with Gasteiger partial charge in [0.25, 0.3) is 0 Å². The van der Waals surface area contributed by atoms with Gasteiger partial charge in [-0.3, -0.25) is 9.59 Å². The molecule has 2 atom stereocenters. The van der Waals surface area contributed by atoms with E-state index in [1.54, 1.807) is 11.8 Å². The van der Waals surface area contributed by atoms with Crippen molar-refractivity contribution in [3.05, 3.63) is 0 Å². The summed E-state index contributed by atoms with van der Waals surface area (Å²) < 4.78 is 0. The van der Waals surface area contributed by atoms with Crippen molar-refractivity contribution < 1.29 is 19.8 Å². The van der Waals surface area contributed by atoms with Crippen LogP contribution in [-0.4, -0.2) is 33.2 Å². The first kappa shape index (κ1) is 52.3. The highest BCUT2D eigenvalue weighted by Crippen LogP contribution is 2.44. The van der Waals surface area contributed by atoms with Gasteiger partial charge in [-0.1, -0.05) is 252 Å². The Kier molecular flexibility index (Phi) is 40.4. The van der Waals surface area contributed by atoms with Gasteiger partial charge in [0.15, 0.2) is 0 Å². The number of carboxylic acid groups (broad SMARTS) is 2. The smallest absolute Gasteiger partial charge is 0.310 e. The topological polar surface area (TPSA) is 74.6 Å². The van der Waals surface area contributed by atoms with Crippen LogP contribution in [0.3, 0.4) is 0 Å². The molecule has 0 saturated carbocycles. The van der Waals surface area contributed by atoms with Gasteiger partial charge in [-0.05, 0) is 19.3 Å². The van der Waals surface area contributed by atoms with Crippen LogP contribution in [0, 0.1) is 5.41 Å². The molecule has 5 heteroatoms. The summed E-state index contributed by atoms with van der Waals surface area (Å²) in [7, 11) is 0. The SMILES string of the molecule is CCCCCCCCCCCCCCCCCCC(CCCCCCCCCCCC)(C(=O)O)C(CCCCCCCCCCCC)SCCC(=O)O. The molecular weight excluding hydrogens is 673 g/mol. The van der Waals surface area contributed by atoms with Gasteiger partial charge >= 0.3 is 11.9 Å². The zero-order valence-corrected chi connectivity index (χ0v) is 37.0. The summed E-state index contributed by atoms with van der Waals surface area (Å²) in [4.78, 5) is 24.9. The predicted octanol–water partition coefficient (Wildman–Crippen LogP) is 16.9. The minimum atomic E-state index is -0.774. The Morgan fingerprint density at radius 2 is 0.679 bits per heavy atom. The van der Waals surface area contributed by atoms with Crippen molar-refractivity contribution in [1.82, 2.24) is 0 Å². The van der Waals surface area contributed by atoms with Crippen LogP contribution in [0.1, 0.15) is 278 Å². The number of thioether (sulfide) groups is 1. The molecule has 0 amide bonds. The van der Waals surface area contributed by atoms with E-state index in [9.17, 15) is 19.8 Å². The van der Waals surface area contributed by atoms with E-state index in [-0.39, 0.29) is 11.7 Å². The largest absolute Gasteiger partial charge is 0.481 e. The number of aliphatic carboxylic acids is 2. The summed E-state index contributed by atoms with van der Waals surface area (Å²) in [5, 5.41) is 20.4. The van der Waals surface area contributed by atoms with E-state index >= 15 is 0 Å². The number of hydrogen-bond acceptors (Lipinski definition) is 3. The fourth-order valence-corrected chi connectivity index (χ4v) is 9.91. The fraction of sp³-hybridized carbons (Fsp3) is 0.958. The van der Waals surface area contributed by atoms with Crippen molar-refractivity contribution in [2.75, 3.05) is 5.75 Å². The molecule has 53 heavy (non-hydrogen) atoms. The van der Waals surface area contributed by atoms with E-state index < -0.39 is 17.4 Å². The van der Waals surface area contributed by atoms with Crippen LogP contribution in [0.2, 0.25) is 0 Å². The average Bonchev–Trinajstić information content (AvgIpc) is 3.14. The molecule has 0 aliphatic rings. The molecule has 2 unspecified atom stereocenters. The summed E-state index contributed by atoms with van der Waals surface area (Å²) in [6.45, 7) is 6.82. The molecule has 0 spiro atoms. The minimum Gasteiger partial charge on any atom is -0.481 e. The third kappa shape index (κ3) is 33.2. The van der Waals surface area contributed by atoms with Crippen LogP contribution in [0.5, 0.6) is 0 Å². The Morgan fingerprint density at radius 3 is 0.943 bits per heavy atom. The predicted molar refractivity (Wildman–Crippen MR) is 236 cm³/mol.